The molecule has 5 nitrogen and oxygen atoms in total. The lowest BCUT2D eigenvalue weighted by Gasteiger charge is -2.14. The number of amides is 2. The molecule has 0 saturated heterocycles. The number of nitrogens with one attached hydrogen (secondary N) is 2. The van der Waals surface area contributed by atoms with Crippen LogP contribution in [-0.2, 0) is 7.05 Å². The van der Waals surface area contributed by atoms with Gasteiger partial charge in [-0.1, -0.05) is 0 Å². The van der Waals surface area contributed by atoms with E-state index in [1.807, 2.05) is 23.9 Å². The molecule has 27 heavy (non-hydrogen) atoms. The fourth-order valence-electron chi connectivity index (χ4n) is 2.66. The summed E-state index contributed by atoms with van der Waals surface area (Å²) in [6.07, 6.45) is 1.89. The molecule has 0 aliphatic heterocycles. The van der Waals surface area contributed by atoms with Gasteiger partial charge in [0.15, 0.2) is 0 Å². The zero-order valence-electron chi connectivity index (χ0n) is 14.5. The lowest BCUT2D eigenvalue weighted by molar-refractivity contribution is 0.262. The third-order valence-corrected chi connectivity index (χ3v) is 4.56. The molecule has 2 N–H and O–H groups in total. The quantitative estimate of drug-likeness (QED) is 0.577. The van der Waals surface area contributed by atoms with Crippen LogP contribution < -0.4 is 15.4 Å². The van der Waals surface area contributed by atoms with Crippen molar-refractivity contribution in [2.24, 2.45) is 7.05 Å². The van der Waals surface area contributed by atoms with E-state index in [0.29, 0.717) is 17.5 Å². The molecule has 140 valence electrons. The molecular weight excluding hydrogens is 420 g/mol. The van der Waals surface area contributed by atoms with Crippen molar-refractivity contribution in [1.82, 2.24) is 4.57 Å². The zero-order valence-corrected chi connectivity index (χ0v) is 16.1. The third kappa shape index (κ3) is 4.11. The van der Waals surface area contributed by atoms with Crippen LogP contribution in [0.5, 0.6) is 5.75 Å². The van der Waals surface area contributed by atoms with Gasteiger partial charge in [-0.15, -0.1) is 0 Å². The number of halogens is 3. The molecule has 0 aliphatic rings. The van der Waals surface area contributed by atoms with Gasteiger partial charge in [0.25, 0.3) is 0 Å². The normalized spacial score (nSPS) is 10.6. The first-order valence-corrected chi connectivity index (χ1v) is 8.70. The van der Waals surface area contributed by atoms with Crippen molar-refractivity contribution in [3.05, 3.63) is 64.8 Å². The van der Waals surface area contributed by atoms with E-state index in [4.69, 9.17) is 4.74 Å². The van der Waals surface area contributed by atoms with Gasteiger partial charge in [0.1, 0.15) is 17.4 Å². The van der Waals surface area contributed by atoms with E-state index in [2.05, 4.69) is 26.6 Å². The average molecular weight is 436 g/mol. The van der Waals surface area contributed by atoms with E-state index in [-0.39, 0.29) is 5.69 Å². The van der Waals surface area contributed by atoms with Gasteiger partial charge in [-0.3, -0.25) is 0 Å². The largest absolute Gasteiger partial charge is 0.496 e. The summed E-state index contributed by atoms with van der Waals surface area (Å²) in [5, 5.41) is 4.99. The second-order valence-electron chi connectivity index (χ2n) is 5.74. The highest BCUT2D eigenvalue weighted by molar-refractivity contribution is 9.10. The van der Waals surface area contributed by atoms with Crippen LogP contribution in [0, 0.1) is 11.6 Å². The molecule has 3 rings (SSSR count). The molecule has 8 heteroatoms. The number of urea groups is 1. The van der Waals surface area contributed by atoms with Gasteiger partial charge in [0.2, 0.25) is 0 Å². The van der Waals surface area contributed by atoms with E-state index in [1.54, 1.807) is 25.3 Å². The van der Waals surface area contributed by atoms with Crippen LogP contribution >= 0.6 is 15.9 Å². The molecule has 3 aromatic rings. The van der Waals surface area contributed by atoms with Gasteiger partial charge in [-0.25, -0.2) is 13.6 Å². The van der Waals surface area contributed by atoms with Crippen molar-refractivity contribution in [2.45, 2.75) is 0 Å². The Kier molecular flexibility index (Phi) is 5.46. The molecule has 2 amide bonds. The molecule has 0 saturated carbocycles. The Morgan fingerprint density at radius 1 is 1.11 bits per heavy atom. The van der Waals surface area contributed by atoms with Crippen molar-refractivity contribution in [2.75, 3.05) is 17.7 Å². The van der Waals surface area contributed by atoms with E-state index < -0.39 is 17.7 Å². The first-order chi connectivity index (χ1) is 12.9. The molecule has 2 aromatic carbocycles. The highest BCUT2D eigenvalue weighted by atomic mass is 79.9. The minimum absolute atomic E-state index is 0.118. The van der Waals surface area contributed by atoms with Crippen molar-refractivity contribution in [3.8, 4) is 17.0 Å². The summed E-state index contributed by atoms with van der Waals surface area (Å²) >= 11 is 3.50. The number of anilines is 2. The van der Waals surface area contributed by atoms with Gasteiger partial charge >= 0.3 is 6.03 Å². The maximum Gasteiger partial charge on any atom is 0.323 e. The monoisotopic (exact) mass is 435 g/mol. The van der Waals surface area contributed by atoms with Crippen molar-refractivity contribution >= 4 is 33.3 Å². The Labute approximate surface area is 163 Å². The van der Waals surface area contributed by atoms with Crippen LogP contribution in [0.2, 0.25) is 0 Å². The summed E-state index contributed by atoms with van der Waals surface area (Å²) in [6.45, 7) is 0. The molecule has 0 atom stereocenters. The van der Waals surface area contributed by atoms with Gasteiger partial charge in [-0.05, 0) is 52.3 Å². The fourth-order valence-corrected chi connectivity index (χ4v) is 3.28. The number of rotatable bonds is 4. The summed E-state index contributed by atoms with van der Waals surface area (Å²) in [4.78, 5) is 12.2. The first-order valence-electron chi connectivity index (χ1n) is 7.91. The smallest absolute Gasteiger partial charge is 0.323 e. The van der Waals surface area contributed by atoms with Gasteiger partial charge in [0.05, 0.1) is 18.5 Å². The Morgan fingerprint density at radius 3 is 2.52 bits per heavy atom. The van der Waals surface area contributed by atoms with Crippen LogP contribution in [0.25, 0.3) is 11.3 Å². The molecule has 0 radical (unpaired) electrons. The Morgan fingerprint density at radius 2 is 1.89 bits per heavy atom. The minimum atomic E-state index is -0.853. The molecule has 0 spiro atoms. The van der Waals surface area contributed by atoms with Crippen LogP contribution in [0.4, 0.5) is 25.0 Å². The number of aromatic nitrogens is 1. The second-order valence-corrected chi connectivity index (χ2v) is 6.60. The van der Waals surface area contributed by atoms with E-state index in [9.17, 15) is 13.6 Å². The van der Waals surface area contributed by atoms with Gasteiger partial charge in [-0.2, -0.15) is 0 Å². The van der Waals surface area contributed by atoms with Crippen LogP contribution in [0.15, 0.2) is 53.1 Å². The minimum Gasteiger partial charge on any atom is -0.496 e. The average Bonchev–Trinajstić information content (AvgIpc) is 2.96. The number of ether oxygens (including phenoxy) is 1. The predicted octanol–water partition coefficient (Wildman–Crippen LogP) is 5.39. The topological polar surface area (TPSA) is 55.3 Å². The second kappa shape index (κ2) is 7.79. The predicted molar refractivity (Wildman–Crippen MR) is 104 cm³/mol. The number of nitrogens with zero attached hydrogens (tertiary/aromatic N) is 1. The molecule has 0 unspecified atom stereocenters. The van der Waals surface area contributed by atoms with Crippen LogP contribution in [0.1, 0.15) is 0 Å². The number of benzene rings is 2. The summed E-state index contributed by atoms with van der Waals surface area (Å²) in [5.74, 6) is -0.937. The lowest BCUT2D eigenvalue weighted by Crippen LogP contribution is -2.20. The van der Waals surface area contributed by atoms with Crippen molar-refractivity contribution in [1.29, 1.82) is 0 Å². The van der Waals surface area contributed by atoms with Crippen LogP contribution in [0.3, 0.4) is 0 Å². The zero-order chi connectivity index (χ0) is 19.6. The third-order valence-electron chi connectivity index (χ3n) is 3.92. The Bertz CT molecular complexity index is 985. The van der Waals surface area contributed by atoms with Gasteiger partial charge < -0.3 is 19.9 Å². The van der Waals surface area contributed by atoms with E-state index in [0.717, 1.165) is 27.9 Å². The van der Waals surface area contributed by atoms with Crippen molar-refractivity contribution < 1.29 is 18.3 Å². The number of hydrogen-bond acceptors (Lipinski definition) is 2. The standard InChI is InChI=1S/C19H16BrF2N3O2/c1-25-8-7-14(20)18(25)13-10-12(4-6-17(13)27-2)23-19(26)24-16-5-3-11(21)9-15(16)22/h3-10H,1-2H3,(H2,23,24,26). The Balaban J connectivity index is 1.85. The highest BCUT2D eigenvalue weighted by Crippen LogP contribution is 2.37. The molecular formula is C19H16BrF2N3O2. The highest BCUT2D eigenvalue weighted by Gasteiger charge is 2.15. The number of carbonyl (C=O) groups is 1. The number of hydrogen-bond donors (Lipinski definition) is 2. The summed E-state index contributed by atoms with van der Waals surface area (Å²) in [7, 11) is 3.45. The molecule has 0 bridgehead atoms. The Hall–Kier alpha value is -2.87. The molecule has 1 heterocycles. The lowest BCUT2D eigenvalue weighted by atomic mass is 10.1. The first kappa shape index (κ1) is 18.9. The molecule has 1 aromatic heterocycles. The maximum atomic E-state index is 13.7. The van der Waals surface area contributed by atoms with Gasteiger partial charge in [0, 0.05) is 35.0 Å². The SMILES string of the molecule is COc1ccc(NC(=O)Nc2ccc(F)cc2F)cc1-c1c(Br)ccn1C. The fraction of sp³-hybridized carbons (Fsp3) is 0.105. The number of methoxy groups -OCH3 is 1. The summed E-state index contributed by atoms with van der Waals surface area (Å²) in [6, 6.07) is 9.32. The summed E-state index contributed by atoms with van der Waals surface area (Å²) in [5.41, 5.74) is 2.01. The van der Waals surface area contributed by atoms with Crippen LogP contribution in [-0.4, -0.2) is 17.7 Å². The number of aryl methyl sites for hydroxylation is 1. The molecule has 0 aliphatic carbocycles. The number of carbonyl (C=O) groups excluding carboxylic acids is 1. The van der Waals surface area contributed by atoms with E-state index in [1.165, 1.54) is 0 Å². The molecule has 0 fully saturated rings. The maximum absolute atomic E-state index is 13.7. The van der Waals surface area contributed by atoms with E-state index >= 15 is 0 Å². The van der Waals surface area contributed by atoms with Crippen molar-refractivity contribution in [3.63, 3.8) is 0 Å². The summed E-state index contributed by atoms with van der Waals surface area (Å²) < 4.78 is 34.8.